The summed E-state index contributed by atoms with van der Waals surface area (Å²) in [6, 6.07) is 0. The first-order chi connectivity index (χ1) is 14.0. The highest BCUT2D eigenvalue weighted by molar-refractivity contribution is 5.66. The van der Waals surface area contributed by atoms with Gasteiger partial charge >= 0.3 is 5.97 Å². The van der Waals surface area contributed by atoms with E-state index < -0.39 is 35.8 Å². The zero-order valence-electron chi connectivity index (χ0n) is 18.6. The minimum absolute atomic E-state index is 0.0369. The van der Waals surface area contributed by atoms with Crippen LogP contribution in [0.2, 0.25) is 0 Å². The monoisotopic (exact) mass is 424 g/mol. The minimum atomic E-state index is -0.777. The number of aliphatic carboxylic acids is 1. The van der Waals surface area contributed by atoms with Gasteiger partial charge in [0.25, 0.3) is 0 Å². The molecule has 6 heteroatoms. The number of aliphatic hydroxyl groups excluding tert-OH is 4. The lowest BCUT2D eigenvalue weighted by atomic mass is 9.42. The number of rotatable bonds is 4. The molecule has 0 aromatic heterocycles. The molecule has 4 saturated carbocycles. The zero-order valence-corrected chi connectivity index (χ0v) is 18.6. The smallest absolute Gasteiger partial charge is 0.303 e. The first kappa shape index (κ1) is 22.5. The van der Waals surface area contributed by atoms with Gasteiger partial charge in [-0.15, -0.1) is 0 Å². The first-order valence-electron chi connectivity index (χ1n) is 11.9. The van der Waals surface area contributed by atoms with Gasteiger partial charge in [0.05, 0.1) is 24.4 Å². The van der Waals surface area contributed by atoms with Gasteiger partial charge in [0.2, 0.25) is 0 Å². The molecule has 12 atom stereocenters. The molecular formula is C24H40O6. The number of carboxylic acid groups (broad SMARTS) is 1. The van der Waals surface area contributed by atoms with Crippen molar-refractivity contribution in [2.75, 3.05) is 0 Å². The topological polar surface area (TPSA) is 118 Å². The predicted octanol–water partition coefficient (Wildman–Crippen LogP) is 2.42. The molecule has 4 rings (SSSR count). The Kier molecular flexibility index (Phi) is 5.79. The molecule has 30 heavy (non-hydrogen) atoms. The molecule has 5 N–H and O–H groups in total. The van der Waals surface area contributed by atoms with E-state index in [4.69, 9.17) is 5.11 Å². The second-order valence-corrected chi connectivity index (χ2v) is 11.5. The Bertz CT molecular complexity index is 668. The summed E-state index contributed by atoms with van der Waals surface area (Å²) < 4.78 is 0. The molecule has 6 nitrogen and oxygen atoms in total. The number of hydrogen-bond donors (Lipinski definition) is 5. The lowest BCUT2D eigenvalue weighted by Crippen LogP contribution is -2.65. The van der Waals surface area contributed by atoms with Crippen molar-refractivity contribution in [1.82, 2.24) is 0 Å². The van der Waals surface area contributed by atoms with E-state index in [9.17, 15) is 25.2 Å². The van der Waals surface area contributed by atoms with E-state index in [1.807, 2.05) is 0 Å². The van der Waals surface area contributed by atoms with Crippen LogP contribution in [-0.2, 0) is 4.79 Å². The average molecular weight is 425 g/mol. The van der Waals surface area contributed by atoms with Gasteiger partial charge in [0, 0.05) is 6.42 Å². The van der Waals surface area contributed by atoms with Crippen LogP contribution in [0.15, 0.2) is 0 Å². The second kappa shape index (κ2) is 7.72. The molecule has 4 aliphatic rings. The van der Waals surface area contributed by atoms with Crippen molar-refractivity contribution in [3.63, 3.8) is 0 Å². The molecule has 2 unspecified atom stereocenters. The van der Waals surface area contributed by atoms with Crippen LogP contribution in [0.5, 0.6) is 0 Å². The van der Waals surface area contributed by atoms with Crippen LogP contribution < -0.4 is 0 Å². The van der Waals surface area contributed by atoms with E-state index in [1.54, 1.807) is 0 Å². The number of carboxylic acids is 1. The third-order valence-electron chi connectivity index (χ3n) is 10.4. The van der Waals surface area contributed by atoms with Crippen LogP contribution in [0.4, 0.5) is 0 Å². The minimum Gasteiger partial charge on any atom is -0.481 e. The van der Waals surface area contributed by atoms with Crippen LogP contribution in [0, 0.1) is 46.3 Å². The Labute approximate surface area is 179 Å². The van der Waals surface area contributed by atoms with Crippen molar-refractivity contribution < 1.29 is 30.3 Å². The Balaban J connectivity index is 1.63. The Hall–Kier alpha value is -0.690. The van der Waals surface area contributed by atoms with Crippen LogP contribution >= 0.6 is 0 Å². The number of fused-ring (bicyclic) bond motifs is 5. The zero-order chi connectivity index (χ0) is 22.0. The predicted molar refractivity (Wildman–Crippen MR) is 111 cm³/mol. The number of hydrogen-bond acceptors (Lipinski definition) is 5. The van der Waals surface area contributed by atoms with Crippen LogP contribution in [0.25, 0.3) is 0 Å². The normalized spacial score (nSPS) is 54.0. The van der Waals surface area contributed by atoms with Crippen LogP contribution in [-0.4, -0.2) is 55.9 Å². The van der Waals surface area contributed by atoms with Gasteiger partial charge in [0.15, 0.2) is 0 Å². The fourth-order valence-electron chi connectivity index (χ4n) is 8.76. The van der Waals surface area contributed by atoms with Gasteiger partial charge in [-0.1, -0.05) is 20.8 Å². The molecule has 0 heterocycles. The van der Waals surface area contributed by atoms with Gasteiger partial charge in [-0.2, -0.15) is 0 Å². The van der Waals surface area contributed by atoms with Crippen LogP contribution in [0.3, 0.4) is 0 Å². The summed E-state index contributed by atoms with van der Waals surface area (Å²) in [6.07, 6.45) is 2.68. The van der Waals surface area contributed by atoms with Crippen molar-refractivity contribution in [2.24, 2.45) is 46.3 Å². The van der Waals surface area contributed by atoms with E-state index in [-0.39, 0.29) is 47.3 Å². The lowest BCUT2D eigenvalue weighted by Gasteiger charge is -2.64. The summed E-state index contributed by atoms with van der Waals surface area (Å²) in [5.41, 5.74) is -0.721. The molecule has 0 amide bonds. The summed E-state index contributed by atoms with van der Waals surface area (Å²) in [4.78, 5) is 11.1. The largest absolute Gasteiger partial charge is 0.481 e. The molecule has 172 valence electrons. The summed E-state index contributed by atoms with van der Waals surface area (Å²) in [7, 11) is 0. The number of carbonyl (C=O) groups is 1. The SMILES string of the molecule is C[C@H](CCC(=O)O)[C@H]1CC[C@H]2C3C(C[C@H](O)[C@]12C)[C@]1(C)[C@@H](C[C@@H](O)C[C@H]1O)C[C@H]3O. The van der Waals surface area contributed by atoms with E-state index >= 15 is 0 Å². The van der Waals surface area contributed by atoms with Crippen molar-refractivity contribution in [3.8, 4) is 0 Å². The summed E-state index contributed by atoms with van der Waals surface area (Å²) >= 11 is 0. The maximum absolute atomic E-state index is 11.5. The van der Waals surface area contributed by atoms with E-state index in [1.165, 1.54) is 0 Å². The van der Waals surface area contributed by atoms with Gasteiger partial charge < -0.3 is 25.5 Å². The van der Waals surface area contributed by atoms with E-state index in [0.29, 0.717) is 32.1 Å². The number of aliphatic hydroxyl groups is 4. The highest BCUT2D eigenvalue weighted by Gasteiger charge is 2.67. The van der Waals surface area contributed by atoms with Crippen molar-refractivity contribution in [2.45, 2.75) is 96.6 Å². The first-order valence-corrected chi connectivity index (χ1v) is 11.9. The quantitative estimate of drug-likeness (QED) is 0.473. The summed E-state index contributed by atoms with van der Waals surface area (Å²) in [6.45, 7) is 6.39. The average Bonchev–Trinajstić information content (AvgIpc) is 3.01. The Morgan fingerprint density at radius 2 is 1.60 bits per heavy atom. The molecule has 0 aromatic rings. The maximum atomic E-state index is 11.5. The van der Waals surface area contributed by atoms with Gasteiger partial charge in [0.1, 0.15) is 0 Å². The molecule has 4 fully saturated rings. The van der Waals surface area contributed by atoms with Gasteiger partial charge in [-0.3, -0.25) is 4.79 Å². The van der Waals surface area contributed by atoms with Crippen molar-refractivity contribution >= 4 is 5.97 Å². The fourth-order valence-corrected chi connectivity index (χ4v) is 8.76. The third-order valence-corrected chi connectivity index (χ3v) is 10.4. The molecule has 0 saturated heterocycles. The molecule has 0 aliphatic heterocycles. The molecule has 0 radical (unpaired) electrons. The summed E-state index contributed by atoms with van der Waals surface area (Å²) in [5, 5.41) is 53.1. The fraction of sp³-hybridized carbons (Fsp3) is 0.958. The standard InChI is InChI=1S/C24H40O6/c1-12(4-7-21(29)30)15-5-6-16-22-17(11-20(28)24(15,16)3)23(2)13(9-18(22)26)8-14(25)10-19(23)27/h12-20,22,25-28H,4-11H2,1-3H3,(H,29,30)/t12-,13+,14-,15-,16+,17?,18-,19-,20+,22?,23+,24-/m1/s1. The van der Waals surface area contributed by atoms with E-state index in [0.717, 1.165) is 12.8 Å². The van der Waals surface area contributed by atoms with Gasteiger partial charge in [-0.05, 0) is 91.3 Å². The lowest BCUT2D eigenvalue weighted by molar-refractivity contribution is -0.234. The Morgan fingerprint density at radius 1 is 0.933 bits per heavy atom. The third kappa shape index (κ3) is 3.16. The molecule has 4 aliphatic carbocycles. The second-order valence-electron chi connectivity index (χ2n) is 11.5. The van der Waals surface area contributed by atoms with E-state index in [2.05, 4.69) is 20.8 Å². The van der Waals surface area contributed by atoms with Gasteiger partial charge in [-0.25, -0.2) is 0 Å². The van der Waals surface area contributed by atoms with Crippen LogP contribution in [0.1, 0.15) is 72.1 Å². The maximum Gasteiger partial charge on any atom is 0.303 e. The van der Waals surface area contributed by atoms with Crippen molar-refractivity contribution in [1.29, 1.82) is 0 Å². The highest BCUT2D eigenvalue weighted by atomic mass is 16.4. The van der Waals surface area contributed by atoms with Crippen molar-refractivity contribution in [3.05, 3.63) is 0 Å². The summed E-state index contributed by atoms with van der Waals surface area (Å²) in [5.74, 6) is -0.00131. The highest BCUT2D eigenvalue weighted by Crippen LogP contribution is 2.68. The Morgan fingerprint density at radius 3 is 2.27 bits per heavy atom. The molecule has 0 aromatic carbocycles. The molecule has 0 spiro atoms. The molecule has 0 bridgehead atoms. The molecular weight excluding hydrogens is 384 g/mol.